The lowest BCUT2D eigenvalue weighted by molar-refractivity contribution is -0.152. The second kappa shape index (κ2) is 6.26. The van der Waals surface area contributed by atoms with Gasteiger partial charge >= 0.3 is 5.97 Å². The van der Waals surface area contributed by atoms with E-state index in [-0.39, 0.29) is 18.0 Å². The minimum absolute atomic E-state index is 0.156. The Kier molecular flexibility index (Phi) is 4.59. The first-order valence-corrected chi connectivity index (χ1v) is 7.33. The number of hydrogen-bond donors (Lipinski definition) is 0. The maximum absolute atomic E-state index is 12.2. The number of Topliss-reactive ketones (excluding diaryl/α,β-unsaturated/α-hetero) is 1. The number of allylic oxidation sites excluding steroid dienone is 2. The van der Waals surface area contributed by atoms with E-state index in [1.54, 1.807) is 0 Å². The molecule has 1 aromatic rings. The predicted octanol–water partition coefficient (Wildman–Crippen LogP) is 2.76. The lowest BCUT2D eigenvalue weighted by atomic mass is 9.90. The highest BCUT2D eigenvalue weighted by Gasteiger charge is 2.37. The number of hydrogen-bond acceptors (Lipinski definition) is 4. The molecule has 1 unspecified atom stereocenters. The minimum atomic E-state index is -1.30. The van der Waals surface area contributed by atoms with Crippen LogP contribution in [0.25, 0.3) is 0 Å². The van der Waals surface area contributed by atoms with E-state index in [4.69, 9.17) is 4.74 Å². The van der Waals surface area contributed by atoms with Crippen LogP contribution in [0.2, 0.25) is 0 Å². The Hall–Kier alpha value is -2.23. The van der Waals surface area contributed by atoms with E-state index in [0.29, 0.717) is 6.42 Å². The molecular weight excluding hydrogens is 280 g/mol. The standard InChI is InChI=1S/C18H20O4/c1-10-7-11(2)14(12(3)8-10)5-6-15(19)17-16(20)9-13(4)22-18(17)21/h7-9,17H,5-6H2,1-4H3. The van der Waals surface area contributed by atoms with Crippen molar-refractivity contribution in [2.45, 2.75) is 40.5 Å². The fourth-order valence-electron chi connectivity index (χ4n) is 2.93. The fraction of sp³-hybridized carbons (Fsp3) is 0.389. The third-order valence-electron chi connectivity index (χ3n) is 3.91. The smallest absolute Gasteiger partial charge is 0.329 e. The Bertz CT molecular complexity index is 659. The highest BCUT2D eigenvalue weighted by molar-refractivity contribution is 6.22. The summed E-state index contributed by atoms with van der Waals surface area (Å²) in [6.07, 6.45) is 1.89. The van der Waals surface area contributed by atoms with Crippen LogP contribution in [0.3, 0.4) is 0 Å². The van der Waals surface area contributed by atoms with Crippen LogP contribution < -0.4 is 0 Å². The predicted molar refractivity (Wildman–Crippen MR) is 82.3 cm³/mol. The molecule has 1 aliphatic rings. The van der Waals surface area contributed by atoms with Crippen molar-refractivity contribution in [3.05, 3.63) is 46.2 Å². The third kappa shape index (κ3) is 3.32. The van der Waals surface area contributed by atoms with Crippen molar-refractivity contribution in [1.29, 1.82) is 0 Å². The van der Waals surface area contributed by atoms with Gasteiger partial charge in [-0.2, -0.15) is 0 Å². The first-order chi connectivity index (χ1) is 10.3. The maximum Gasteiger partial charge on any atom is 0.329 e. The van der Waals surface area contributed by atoms with E-state index in [9.17, 15) is 14.4 Å². The maximum atomic E-state index is 12.2. The monoisotopic (exact) mass is 300 g/mol. The molecule has 1 atom stereocenters. The summed E-state index contributed by atoms with van der Waals surface area (Å²) in [5.74, 6) is -2.67. The second-order valence-corrected chi connectivity index (χ2v) is 5.86. The number of benzene rings is 1. The number of esters is 1. The van der Waals surface area contributed by atoms with Gasteiger partial charge < -0.3 is 4.74 Å². The summed E-state index contributed by atoms with van der Waals surface area (Å²) in [4.78, 5) is 35.8. The second-order valence-electron chi connectivity index (χ2n) is 5.86. The van der Waals surface area contributed by atoms with Gasteiger partial charge in [0, 0.05) is 12.5 Å². The SMILES string of the molecule is CC1=CC(=O)C(C(=O)CCc2c(C)cc(C)cc2C)C(=O)O1. The Balaban J connectivity index is 2.11. The van der Waals surface area contributed by atoms with Gasteiger partial charge in [0.15, 0.2) is 17.5 Å². The lowest BCUT2D eigenvalue weighted by Crippen LogP contribution is -2.35. The van der Waals surface area contributed by atoms with Crippen LogP contribution >= 0.6 is 0 Å². The molecule has 0 spiro atoms. The number of ketones is 2. The average molecular weight is 300 g/mol. The Morgan fingerprint density at radius 3 is 2.23 bits per heavy atom. The van der Waals surface area contributed by atoms with Gasteiger partial charge in [0.05, 0.1) is 0 Å². The fourth-order valence-corrected chi connectivity index (χ4v) is 2.93. The molecule has 0 saturated heterocycles. The van der Waals surface area contributed by atoms with E-state index in [1.165, 1.54) is 18.6 Å². The Morgan fingerprint density at radius 1 is 1.09 bits per heavy atom. The van der Waals surface area contributed by atoms with Crippen molar-refractivity contribution in [3.63, 3.8) is 0 Å². The van der Waals surface area contributed by atoms with Crippen LogP contribution in [-0.4, -0.2) is 17.5 Å². The highest BCUT2D eigenvalue weighted by Crippen LogP contribution is 2.21. The van der Waals surface area contributed by atoms with Gasteiger partial charge in [-0.1, -0.05) is 17.7 Å². The van der Waals surface area contributed by atoms with Gasteiger partial charge in [0.2, 0.25) is 0 Å². The van der Waals surface area contributed by atoms with E-state index >= 15 is 0 Å². The van der Waals surface area contributed by atoms with Crippen molar-refractivity contribution in [3.8, 4) is 0 Å². The van der Waals surface area contributed by atoms with Crippen molar-refractivity contribution in [2.75, 3.05) is 0 Å². The third-order valence-corrected chi connectivity index (χ3v) is 3.91. The van der Waals surface area contributed by atoms with Gasteiger partial charge in [-0.25, -0.2) is 0 Å². The molecule has 0 aliphatic carbocycles. The molecule has 1 aromatic carbocycles. The molecule has 0 fully saturated rings. The molecule has 2 rings (SSSR count). The van der Waals surface area contributed by atoms with Crippen LogP contribution in [0.4, 0.5) is 0 Å². The summed E-state index contributed by atoms with van der Waals surface area (Å²) >= 11 is 0. The minimum Gasteiger partial charge on any atom is -0.430 e. The first kappa shape index (κ1) is 16.1. The largest absolute Gasteiger partial charge is 0.430 e. The van der Waals surface area contributed by atoms with Gasteiger partial charge in [-0.15, -0.1) is 0 Å². The zero-order valence-corrected chi connectivity index (χ0v) is 13.4. The van der Waals surface area contributed by atoms with Gasteiger partial charge in [0.1, 0.15) is 5.76 Å². The van der Waals surface area contributed by atoms with E-state index in [2.05, 4.69) is 12.1 Å². The molecule has 116 valence electrons. The summed E-state index contributed by atoms with van der Waals surface area (Å²) in [7, 11) is 0. The molecule has 0 radical (unpaired) electrons. The number of ether oxygens (including phenoxy) is 1. The van der Waals surface area contributed by atoms with Gasteiger partial charge in [-0.3, -0.25) is 14.4 Å². The molecule has 0 aromatic heterocycles. The number of carbonyl (C=O) groups excluding carboxylic acids is 3. The first-order valence-electron chi connectivity index (χ1n) is 7.33. The quantitative estimate of drug-likeness (QED) is 0.633. The highest BCUT2D eigenvalue weighted by atomic mass is 16.5. The average Bonchev–Trinajstić information content (AvgIpc) is 2.35. The van der Waals surface area contributed by atoms with Crippen molar-refractivity contribution < 1.29 is 19.1 Å². The summed E-state index contributed by atoms with van der Waals surface area (Å²) in [6.45, 7) is 7.56. The Labute approximate surface area is 130 Å². The molecule has 4 nitrogen and oxygen atoms in total. The number of cyclic esters (lactones) is 1. The molecule has 0 saturated carbocycles. The normalized spacial score (nSPS) is 18.0. The molecule has 0 N–H and O–H groups in total. The van der Waals surface area contributed by atoms with E-state index in [1.807, 2.05) is 20.8 Å². The van der Waals surface area contributed by atoms with Gasteiger partial charge in [0.25, 0.3) is 0 Å². The molecule has 0 amide bonds. The molecular formula is C18H20O4. The van der Waals surface area contributed by atoms with Crippen LogP contribution in [0.1, 0.15) is 35.6 Å². The topological polar surface area (TPSA) is 60.4 Å². The molecule has 0 bridgehead atoms. The Morgan fingerprint density at radius 2 is 1.68 bits per heavy atom. The molecule has 22 heavy (non-hydrogen) atoms. The zero-order chi connectivity index (χ0) is 16.4. The molecule has 4 heteroatoms. The number of aryl methyl sites for hydroxylation is 3. The van der Waals surface area contributed by atoms with E-state index in [0.717, 1.165) is 16.7 Å². The molecule has 1 heterocycles. The molecule has 1 aliphatic heterocycles. The lowest BCUT2D eigenvalue weighted by Gasteiger charge is -2.18. The van der Waals surface area contributed by atoms with E-state index < -0.39 is 17.7 Å². The number of rotatable bonds is 4. The van der Waals surface area contributed by atoms with Gasteiger partial charge in [-0.05, 0) is 50.8 Å². The van der Waals surface area contributed by atoms with Crippen molar-refractivity contribution in [1.82, 2.24) is 0 Å². The summed E-state index contributed by atoms with van der Waals surface area (Å²) < 4.78 is 4.89. The van der Waals surface area contributed by atoms with Crippen LogP contribution in [-0.2, 0) is 25.5 Å². The van der Waals surface area contributed by atoms with Crippen LogP contribution in [0.15, 0.2) is 24.0 Å². The van der Waals surface area contributed by atoms with Crippen molar-refractivity contribution >= 4 is 17.5 Å². The van der Waals surface area contributed by atoms with Crippen LogP contribution in [0, 0.1) is 26.7 Å². The summed E-state index contributed by atoms with van der Waals surface area (Å²) in [6, 6.07) is 4.14. The summed E-state index contributed by atoms with van der Waals surface area (Å²) in [5, 5.41) is 0. The van der Waals surface area contributed by atoms with Crippen LogP contribution in [0.5, 0.6) is 0 Å². The summed E-state index contributed by atoms with van der Waals surface area (Å²) in [5.41, 5.74) is 4.52. The zero-order valence-electron chi connectivity index (χ0n) is 13.4. The number of carbonyl (C=O) groups is 3. The van der Waals surface area contributed by atoms with Crippen molar-refractivity contribution in [2.24, 2.45) is 5.92 Å².